The smallest absolute Gasteiger partial charge is 0.245 e. The molecule has 0 saturated carbocycles. The monoisotopic (exact) mass is 761 g/mol. The lowest BCUT2D eigenvalue weighted by Crippen LogP contribution is -2.57. The molecular weight excluding hydrogens is 681 g/mol. The third-order valence-corrected chi connectivity index (χ3v) is 11.2. The van der Waals surface area contributed by atoms with Crippen LogP contribution in [0, 0.1) is 23.7 Å². The molecule has 10 nitrogen and oxygen atoms in total. The summed E-state index contributed by atoms with van der Waals surface area (Å²) in [6, 6.07) is 8.69. The molecule has 1 aliphatic rings. The molecule has 0 radical (unpaired) electrons. The third-order valence-electron chi connectivity index (χ3n) is 11.2. The highest BCUT2D eigenvalue weighted by Gasteiger charge is 2.43. The van der Waals surface area contributed by atoms with Crippen molar-refractivity contribution in [1.82, 2.24) is 20.4 Å². The molecule has 0 aliphatic carbocycles. The molecule has 1 aromatic rings. The van der Waals surface area contributed by atoms with Crippen LogP contribution in [0.4, 0.5) is 0 Å². The van der Waals surface area contributed by atoms with Gasteiger partial charge in [-0.3, -0.25) is 19.2 Å². The summed E-state index contributed by atoms with van der Waals surface area (Å²) < 4.78 is 11.9. The highest BCUT2D eigenvalue weighted by Crippen LogP contribution is 2.30. The fourth-order valence-corrected chi connectivity index (χ4v) is 7.51. The van der Waals surface area contributed by atoms with E-state index in [9.17, 15) is 19.2 Å². The highest BCUT2D eigenvalue weighted by molar-refractivity contribution is 5.87. The molecule has 1 aromatic carbocycles. The number of nitrogens with one attached hydrogen (secondary N) is 2. The molecule has 0 bridgehead atoms. The summed E-state index contributed by atoms with van der Waals surface area (Å²) in [6.45, 7) is 26.3. The van der Waals surface area contributed by atoms with Crippen molar-refractivity contribution in [3.05, 3.63) is 48.0 Å². The van der Waals surface area contributed by atoms with Crippen LogP contribution in [0.5, 0.6) is 0 Å². The van der Waals surface area contributed by atoms with Gasteiger partial charge in [-0.05, 0) is 55.9 Å². The summed E-state index contributed by atoms with van der Waals surface area (Å²) >= 11 is 0. The van der Waals surface area contributed by atoms with Gasteiger partial charge in [-0.1, -0.05) is 111 Å². The minimum absolute atomic E-state index is 0. The average molecular weight is 761 g/mol. The van der Waals surface area contributed by atoms with Crippen molar-refractivity contribution in [2.24, 2.45) is 23.7 Å². The minimum Gasteiger partial charge on any atom is -0.379 e. The predicted octanol–water partition coefficient (Wildman–Crippen LogP) is 7.87. The van der Waals surface area contributed by atoms with Gasteiger partial charge in [0.25, 0.3) is 0 Å². The Morgan fingerprint density at radius 2 is 1.56 bits per heavy atom. The van der Waals surface area contributed by atoms with E-state index in [0.29, 0.717) is 6.54 Å². The molecule has 1 heterocycles. The number of carbonyl (C=O) groups excluding carboxylic acids is 4. The van der Waals surface area contributed by atoms with E-state index in [4.69, 9.17) is 9.47 Å². The van der Waals surface area contributed by atoms with Crippen LogP contribution in [0.3, 0.4) is 0 Å². The average Bonchev–Trinajstić information content (AvgIpc) is 3.62. The van der Waals surface area contributed by atoms with Crippen LogP contribution in [0.1, 0.15) is 129 Å². The van der Waals surface area contributed by atoms with Crippen LogP contribution in [-0.4, -0.2) is 97.6 Å². The maximum atomic E-state index is 14.0. The summed E-state index contributed by atoms with van der Waals surface area (Å²) in [7, 11) is 4.90. The molecule has 0 aromatic heterocycles. The fraction of sp³-hybridized carbons (Fsp3) is 0.727. The number of ether oxygens (including phenoxy) is 2. The maximum Gasteiger partial charge on any atom is 0.245 e. The lowest BCUT2D eigenvalue weighted by Gasteiger charge is -2.40. The van der Waals surface area contributed by atoms with Crippen molar-refractivity contribution < 1.29 is 31.5 Å². The molecule has 2 N–H and O–H groups in total. The molecule has 4 amide bonds. The molecule has 9 atom stereocenters. The van der Waals surface area contributed by atoms with Gasteiger partial charge in [0.1, 0.15) is 6.04 Å². The Bertz CT molecular complexity index is 1320. The second kappa shape index (κ2) is 24.3. The van der Waals surface area contributed by atoms with Crippen molar-refractivity contribution in [2.75, 3.05) is 27.8 Å². The summed E-state index contributed by atoms with van der Waals surface area (Å²) in [4.78, 5) is 56.5. The molecule has 1 aliphatic heterocycles. The van der Waals surface area contributed by atoms with Gasteiger partial charge in [0.15, 0.2) is 0 Å². The summed E-state index contributed by atoms with van der Waals surface area (Å²) in [6.07, 6.45) is 3.67. The van der Waals surface area contributed by atoms with E-state index in [1.807, 2.05) is 64.6 Å². The topological polar surface area (TPSA) is 117 Å². The molecule has 2 rings (SSSR count). The quantitative estimate of drug-likeness (QED) is 0.131. The normalized spacial score (nSPS) is 18.7. The largest absolute Gasteiger partial charge is 0.379 e. The number of likely N-dealkylation sites (N-methyl/N-ethyl adjacent to an activating group) is 1. The van der Waals surface area contributed by atoms with Gasteiger partial charge >= 0.3 is 0 Å². The van der Waals surface area contributed by atoms with Crippen molar-refractivity contribution in [3.8, 4) is 0 Å². The molecule has 1 fully saturated rings. The van der Waals surface area contributed by atoms with Crippen LogP contribution < -0.4 is 10.6 Å². The van der Waals surface area contributed by atoms with E-state index in [0.717, 1.165) is 37.2 Å². The number of hydrogen-bond donors (Lipinski definition) is 2. The zero-order valence-corrected chi connectivity index (χ0v) is 36.2. The number of rotatable bonds is 20. The number of amides is 4. The van der Waals surface area contributed by atoms with Crippen molar-refractivity contribution >= 4 is 23.6 Å². The van der Waals surface area contributed by atoms with Crippen LogP contribution in [0.25, 0.3) is 0 Å². The number of likely N-dealkylation sites (tertiary alicyclic amines) is 1. The number of benzene rings is 1. The first kappa shape index (κ1) is 48.8. The molecular formula is C44H80N4O6. The Morgan fingerprint density at radius 3 is 2.02 bits per heavy atom. The second-order valence-corrected chi connectivity index (χ2v) is 16.2. The Hall–Kier alpha value is -3.24. The van der Waals surface area contributed by atoms with Crippen LogP contribution in [0.2, 0.25) is 0 Å². The molecule has 10 heteroatoms. The zero-order chi connectivity index (χ0) is 41.3. The Kier molecular flexibility index (Phi) is 22.0. The Morgan fingerprint density at radius 1 is 0.944 bits per heavy atom. The first-order chi connectivity index (χ1) is 25.4. The van der Waals surface area contributed by atoms with Crippen molar-refractivity contribution in [2.45, 2.75) is 157 Å². The number of allylic oxidation sites excluding steroid dienone is 1. The maximum absolute atomic E-state index is 14.0. The molecule has 9 unspecified atom stereocenters. The van der Waals surface area contributed by atoms with E-state index in [1.54, 1.807) is 26.2 Å². The minimum atomic E-state index is -0.682. The Balaban J connectivity index is 0. The lowest BCUT2D eigenvalue weighted by atomic mass is 9.89. The van der Waals surface area contributed by atoms with Crippen molar-refractivity contribution in [1.29, 1.82) is 0 Å². The second-order valence-electron chi connectivity index (χ2n) is 16.2. The fourth-order valence-electron chi connectivity index (χ4n) is 7.51. The molecule has 0 spiro atoms. The third kappa shape index (κ3) is 14.8. The van der Waals surface area contributed by atoms with Gasteiger partial charge in [0, 0.05) is 49.5 Å². The summed E-state index contributed by atoms with van der Waals surface area (Å²) in [5, 5.41) is 5.97. The van der Waals surface area contributed by atoms with E-state index in [1.165, 1.54) is 18.9 Å². The standard InChI is InChI=1S/C36H60N4O6.C8H16.2H2/c1-12-23(4)33(39(9)36(44)32(22(2)3)38-27(8)41)30(45-10)21-31(42)40-20-16-19-29(40)34(46-11)25(6)35(43)37-26(7)24(5)28-17-14-13-15-18-28;1-5-8(4)6-7(2)3;;/h13-15,17-18,22-26,29-30,32-34H,12,16,19-21H2,1-11H3,(H,37,43)(H,38,41);7H,4-6H2,1-3H3;2*1H. The summed E-state index contributed by atoms with van der Waals surface area (Å²) in [5.74, 6) is -0.326. The number of methoxy groups -OCH3 is 2. The van der Waals surface area contributed by atoms with E-state index < -0.39 is 30.2 Å². The first-order valence-corrected chi connectivity index (χ1v) is 20.3. The van der Waals surface area contributed by atoms with Crippen LogP contribution >= 0.6 is 0 Å². The summed E-state index contributed by atoms with van der Waals surface area (Å²) in [5.41, 5.74) is 2.53. The highest BCUT2D eigenvalue weighted by atomic mass is 16.5. The lowest BCUT2D eigenvalue weighted by molar-refractivity contribution is -0.147. The molecule has 54 heavy (non-hydrogen) atoms. The first-order valence-electron chi connectivity index (χ1n) is 20.3. The van der Waals surface area contributed by atoms with Gasteiger partial charge in [0.2, 0.25) is 23.6 Å². The molecule has 312 valence electrons. The number of carbonyl (C=O) groups is 4. The van der Waals surface area contributed by atoms with Gasteiger partial charge in [-0.2, -0.15) is 0 Å². The zero-order valence-electron chi connectivity index (χ0n) is 36.2. The number of nitrogens with zero attached hydrogens (tertiary/aromatic N) is 2. The molecule has 1 saturated heterocycles. The van der Waals surface area contributed by atoms with E-state index in [-0.39, 0.29) is 62.7 Å². The van der Waals surface area contributed by atoms with Crippen molar-refractivity contribution in [3.63, 3.8) is 0 Å². The number of hydrogen-bond acceptors (Lipinski definition) is 6. The SMILES string of the molecule is C=C(CC)CC(C)C.CCC(C)C(C(CC(=O)N1CCCC1C(OC)C(C)C(=O)NC(C)C(C)c1ccccc1)OC)N(C)C(=O)C(NC(C)=O)C(C)C.[HH].[HH]. The van der Waals surface area contributed by atoms with Gasteiger partial charge in [-0.25, -0.2) is 0 Å². The van der Waals surface area contributed by atoms with Crippen LogP contribution in [0.15, 0.2) is 42.5 Å². The van der Waals surface area contributed by atoms with Gasteiger partial charge in [0.05, 0.1) is 36.6 Å². The predicted molar refractivity (Wildman–Crippen MR) is 224 cm³/mol. The Labute approximate surface area is 331 Å². The van der Waals surface area contributed by atoms with Gasteiger partial charge < -0.3 is 29.9 Å². The van der Waals surface area contributed by atoms with E-state index >= 15 is 0 Å². The van der Waals surface area contributed by atoms with E-state index in [2.05, 4.69) is 57.0 Å². The van der Waals surface area contributed by atoms with Gasteiger partial charge in [-0.15, -0.1) is 0 Å². The van der Waals surface area contributed by atoms with Crippen LogP contribution in [-0.2, 0) is 28.7 Å².